The Morgan fingerprint density at radius 1 is 1.00 bits per heavy atom. The number of nitrogens with zero attached hydrogens (tertiary/aromatic N) is 2. The monoisotopic (exact) mass is 471 g/mol. The van der Waals surface area contributed by atoms with E-state index in [1.165, 1.54) is 18.4 Å². The second kappa shape index (κ2) is 11.1. The van der Waals surface area contributed by atoms with Crippen molar-refractivity contribution in [2.75, 3.05) is 34.3 Å². The van der Waals surface area contributed by atoms with E-state index < -0.39 is 10.0 Å². The molecule has 0 bridgehead atoms. The van der Waals surface area contributed by atoms with Crippen LogP contribution < -0.4 is 10.1 Å². The third-order valence-corrected chi connectivity index (χ3v) is 6.92. The first-order chi connectivity index (χ1) is 15.8. The highest BCUT2D eigenvalue weighted by Crippen LogP contribution is 2.18. The Morgan fingerprint density at radius 3 is 2.27 bits per heavy atom. The molecule has 0 aliphatic heterocycles. The average Bonchev–Trinajstić information content (AvgIpc) is 3.32. The van der Waals surface area contributed by atoms with Crippen molar-refractivity contribution in [3.63, 3.8) is 0 Å². The molecule has 1 aromatic heterocycles. The molecule has 1 heterocycles. The molecule has 0 unspecified atom stereocenters. The van der Waals surface area contributed by atoms with E-state index in [1.807, 2.05) is 24.3 Å². The highest BCUT2D eigenvalue weighted by Gasteiger charge is 2.17. The number of nitrogens with one attached hydrogen (secondary N) is 1. The van der Waals surface area contributed by atoms with Crippen LogP contribution in [-0.2, 0) is 23.1 Å². The zero-order valence-corrected chi connectivity index (χ0v) is 19.8. The van der Waals surface area contributed by atoms with Crippen molar-refractivity contribution in [3.8, 4) is 5.75 Å². The molecule has 0 atom stereocenters. The normalized spacial score (nSPS) is 11.7. The second-order valence-electron chi connectivity index (χ2n) is 7.67. The maximum Gasteiger partial charge on any atom is 0.251 e. The van der Waals surface area contributed by atoms with Crippen molar-refractivity contribution >= 4 is 15.9 Å². The van der Waals surface area contributed by atoms with Gasteiger partial charge in [-0.05, 0) is 54.1 Å². The summed E-state index contributed by atoms with van der Waals surface area (Å²) in [6, 6.07) is 17.7. The molecule has 8 nitrogen and oxygen atoms in total. The Balaban J connectivity index is 1.62. The van der Waals surface area contributed by atoms with E-state index >= 15 is 0 Å². The minimum atomic E-state index is -3.47. The van der Waals surface area contributed by atoms with Gasteiger partial charge in [-0.2, -0.15) is 0 Å². The largest absolute Gasteiger partial charge is 0.492 e. The number of benzene rings is 2. The Hall–Kier alpha value is -3.14. The third kappa shape index (κ3) is 6.67. The van der Waals surface area contributed by atoms with Crippen LogP contribution in [0.15, 0.2) is 76.2 Å². The van der Waals surface area contributed by atoms with E-state index in [1.54, 1.807) is 49.7 Å². The maximum atomic E-state index is 12.2. The lowest BCUT2D eigenvalue weighted by atomic mass is 10.1. The molecular formula is C24H29N3O5S. The van der Waals surface area contributed by atoms with Crippen LogP contribution in [-0.4, -0.2) is 57.8 Å². The van der Waals surface area contributed by atoms with E-state index in [9.17, 15) is 13.2 Å². The Bertz CT molecular complexity index is 1130. The third-order valence-electron chi connectivity index (χ3n) is 5.09. The number of hydrogen-bond acceptors (Lipinski definition) is 6. The van der Waals surface area contributed by atoms with Crippen molar-refractivity contribution < 1.29 is 22.4 Å². The van der Waals surface area contributed by atoms with Gasteiger partial charge in [0.1, 0.15) is 18.1 Å². The van der Waals surface area contributed by atoms with Gasteiger partial charge in [-0.15, -0.1) is 0 Å². The summed E-state index contributed by atoms with van der Waals surface area (Å²) in [5.41, 5.74) is 1.68. The van der Waals surface area contributed by atoms with Gasteiger partial charge in [0.05, 0.1) is 17.7 Å². The van der Waals surface area contributed by atoms with E-state index in [0.29, 0.717) is 37.6 Å². The van der Waals surface area contributed by atoms with Crippen molar-refractivity contribution in [3.05, 3.63) is 83.8 Å². The summed E-state index contributed by atoms with van der Waals surface area (Å²) >= 11 is 0. The van der Waals surface area contributed by atoms with Crippen LogP contribution in [0.1, 0.15) is 21.7 Å². The number of furan rings is 1. The number of ether oxygens (including phenoxy) is 1. The van der Waals surface area contributed by atoms with Crippen molar-refractivity contribution in [2.24, 2.45) is 0 Å². The fraction of sp³-hybridized carbons (Fsp3) is 0.292. The number of carbonyl (C=O) groups is 1. The molecule has 176 valence electrons. The minimum Gasteiger partial charge on any atom is -0.492 e. The van der Waals surface area contributed by atoms with E-state index in [2.05, 4.69) is 10.2 Å². The smallest absolute Gasteiger partial charge is 0.251 e. The zero-order valence-electron chi connectivity index (χ0n) is 19.0. The molecule has 2 aromatic carbocycles. The standard InChI is InChI=1S/C24H29N3O5S/c1-25-24(28)20-8-6-19(7-9-20)17-27(18-22-5-4-15-31-22)14-16-32-21-10-12-23(13-11-21)33(29,30)26(2)3/h4-13,15H,14,16-18H2,1-3H3,(H,25,28). The number of rotatable bonds is 11. The summed E-state index contributed by atoms with van der Waals surface area (Å²) in [4.78, 5) is 14.2. The molecule has 0 saturated heterocycles. The minimum absolute atomic E-state index is 0.119. The summed E-state index contributed by atoms with van der Waals surface area (Å²) in [6.45, 7) is 2.29. The van der Waals surface area contributed by atoms with Gasteiger partial charge in [0, 0.05) is 39.8 Å². The van der Waals surface area contributed by atoms with Gasteiger partial charge in [0.2, 0.25) is 10.0 Å². The van der Waals surface area contributed by atoms with Crippen LogP contribution >= 0.6 is 0 Å². The van der Waals surface area contributed by atoms with Gasteiger partial charge in [0.15, 0.2) is 0 Å². The van der Waals surface area contributed by atoms with E-state index in [0.717, 1.165) is 11.3 Å². The van der Waals surface area contributed by atoms with Gasteiger partial charge in [-0.3, -0.25) is 9.69 Å². The Morgan fingerprint density at radius 2 is 1.70 bits per heavy atom. The molecule has 0 aliphatic carbocycles. The number of carbonyl (C=O) groups excluding carboxylic acids is 1. The number of sulfonamides is 1. The van der Waals surface area contributed by atoms with E-state index in [-0.39, 0.29) is 10.8 Å². The summed E-state index contributed by atoms with van der Waals surface area (Å²) in [7, 11) is 1.14. The van der Waals surface area contributed by atoms with Gasteiger partial charge in [0.25, 0.3) is 5.91 Å². The molecule has 1 amide bonds. The first-order valence-corrected chi connectivity index (χ1v) is 11.9. The van der Waals surface area contributed by atoms with Gasteiger partial charge in [-0.25, -0.2) is 12.7 Å². The predicted molar refractivity (Wildman–Crippen MR) is 125 cm³/mol. The molecule has 0 saturated carbocycles. The lowest BCUT2D eigenvalue weighted by molar-refractivity contribution is 0.0963. The van der Waals surface area contributed by atoms with Crippen LogP contribution in [0, 0.1) is 0 Å². The molecule has 1 N–H and O–H groups in total. The van der Waals surface area contributed by atoms with Crippen LogP contribution in [0.3, 0.4) is 0 Å². The maximum absolute atomic E-state index is 12.2. The van der Waals surface area contributed by atoms with Crippen molar-refractivity contribution in [1.29, 1.82) is 0 Å². The number of amides is 1. The summed E-state index contributed by atoms with van der Waals surface area (Å²) in [5.74, 6) is 1.32. The zero-order chi connectivity index (χ0) is 23.8. The molecule has 33 heavy (non-hydrogen) atoms. The SMILES string of the molecule is CNC(=O)c1ccc(CN(CCOc2ccc(S(=O)(=O)N(C)C)cc2)Cc2ccco2)cc1. The fourth-order valence-electron chi connectivity index (χ4n) is 3.21. The molecule has 3 aromatic rings. The molecule has 3 rings (SSSR count). The Labute approximate surface area is 194 Å². The summed E-state index contributed by atoms with van der Waals surface area (Å²) < 4.78 is 36.9. The van der Waals surface area contributed by atoms with Crippen molar-refractivity contribution in [1.82, 2.24) is 14.5 Å². The first-order valence-electron chi connectivity index (χ1n) is 10.5. The molecule has 0 spiro atoms. The average molecular weight is 472 g/mol. The van der Waals surface area contributed by atoms with E-state index in [4.69, 9.17) is 9.15 Å². The Kier molecular flexibility index (Phi) is 8.26. The molecule has 0 fully saturated rings. The second-order valence-corrected chi connectivity index (χ2v) is 9.83. The van der Waals surface area contributed by atoms with Crippen LogP contribution in [0.5, 0.6) is 5.75 Å². The number of hydrogen-bond donors (Lipinski definition) is 1. The van der Waals surface area contributed by atoms with Crippen molar-refractivity contribution in [2.45, 2.75) is 18.0 Å². The van der Waals surface area contributed by atoms with Crippen LogP contribution in [0.25, 0.3) is 0 Å². The molecule has 0 radical (unpaired) electrons. The first kappa shape index (κ1) is 24.5. The predicted octanol–water partition coefficient (Wildman–Crippen LogP) is 2.97. The molecule has 0 aliphatic rings. The van der Waals surface area contributed by atoms with Gasteiger partial charge < -0.3 is 14.5 Å². The molecule has 9 heteroatoms. The summed E-state index contributed by atoms with van der Waals surface area (Å²) in [6.07, 6.45) is 1.64. The van der Waals surface area contributed by atoms with Crippen LogP contribution in [0.4, 0.5) is 0 Å². The lowest BCUT2D eigenvalue weighted by Gasteiger charge is -2.22. The highest BCUT2D eigenvalue weighted by molar-refractivity contribution is 7.89. The fourth-order valence-corrected chi connectivity index (χ4v) is 4.11. The van der Waals surface area contributed by atoms with Gasteiger partial charge in [-0.1, -0.05) is 12.1 Å². The summed E-state index contributed by atoms with van der Waals surface area (Å²) in [5, 5.41) is 2.62. The van der Waals surface area contributed by atoms with Crippen LogP contribution in [0.2, 0.25) is 0 Å². The molecular weight excluding hydrogens is 442 g/mol. The van der Waals surface area contributed by atoms with Gasteiger partial charge >= 0.3 is 0 Å². The topological polar surface area (TPSA) is 92.1 Å². The quantitative estimate of drug-likeness (QED) is 0.462. The lowest BCUT2D eigenvalue weighted by Crippen LogP contribution is -2.27. The highest BCUT2D eigenvalue weighted by atomic mass is 32.2.